The van der Waals surface area contributed by atoms with E-state index >= 15 is 0 Å². The van der Waals surface area contributed by atoms with Crippen LogP contribution in [0.2, 0.25) is 0 Å². The highest BCUT2D eigenvalue weighted by Crippen LogP contribution is 2.21. The van der Waals surface area contributed by atoms with E-state index in [2.05, 4.69) is 0 Å². The lowest BCUT2D eigenvalue weighted by atomic mass is 9.87. The van der Waals surface area contributed by atoms with Gasteiger partial charge in [-0.1, -0.05) is 0 Å². The summed E-state index contributed by atoms with van der Waals surface area (Å²) in [5, 5.41) is 0. The maximum Gasteiger partial charge on any atom is 0.0800 e. The molecule has 0 saturated heterocycles. The number of hydrogen-bond donors (Lipinski definition) is 2. The first-order valence-corrected chi connectivity index (χ1v) is 3.94. The molecular weight excluding hydrogens is 140 g/mol. The molecule has 0 bridgehead atoms. The number of rotatable bonds is 4. The molecule has 0 amide bonds. The van der Waals surface area contributed by atoms with Crippen molar-refractivity contribution in [2.24, 2.45) is 11.5 Å². The molecule has 0 unspecified atom stereocenters. The van der Waals surface area contributed by atoms with E-state index < -0.39 is 0 Å². The van der Waals surface area contributed by atoms with Gasteiger partial charge >= 0.3 is 0 Å². The second kappa shape index (κ2) is 3.52. The van der Waals surface area contributed by atoms with Crippen LogP contribution in [0.1, 0.15) is 27.7 Å². The van der Waals surface area contributed by atoms with Gasteiger partial charge in [0.2, 0.25) is 0 Å². The molecule has 0 aliphatic rings. The zero-order valence-corrected chi connectivity index (χ0v) is 7.98. The van der Waals surface area contributed by atoms with Gasteiger partial charge in [0.05, 0.1) is 12.2 Å². The standard InChI is InChI=1S/C8H20N2O/c1-7(2,10)8(3,4)11-6-5-9/h5-6,9-10H2,1-4H3. The Bertz CT molecular complexity index is 116. The lowest BCUT2D eigenvalue weighted by Crippen LogP contribution is -2.54. The molecule has 3 heteroatoms. The number of ether oxygens (including phenoxy) is 1. The lowest BCUT2D eigenvalue weighted by Gasteiger charge is -2.38. The average Bonchev–Trinajstić information content (AvgIpc) is 1.81. The quantitative estimate of drug-likeness (QED) is 0.628. The molecular formula is C8H20N2O. The van der Waals surface area contributed by atoms with Gasteiger partial charge in [0.1, 0.15) is 0 Å². The fourth-order valence-electron chi connectivity index (χ4n) is 0.500. The molecule has 3 nitrogen and oxygen atoms in total. The maximum atomic E-state index is 5.89. The van der Waals surface area contributed by atoms with Gasteiger partial charge in [-0.05, 0) is 27.7 Å². The summed E-state index contributed by atoms with van der Waals surface area (Å²) in [6.07, 6.45) is 0. The highest BCUT2D eigenvalue weighted by molar-refractivity contribution is 4.91. The Hall–Kier alpha value is -0.120. The maximum absolute atomic E-state index is 5.89. The SMILES string of the molecule is CC(C)(N)C(C)(C)OCCN. The Kier molecular flexibility index (Phi) is 3.48. The van der Waals surface area contributed by atoms with E-state index in [1.54, 1.807) is 0 Å². The van der Waals surface area contributed by atoms with Gasteiger partial charge in [0.25, 0.3) is 0 Å². The van der Waals surface area contributed by atoms with Crippen LogP contribution >= 0.6 is 0 Å². The Morgan fingerprint density at radius 3 is 1.91 bits per heavy atom. The van der Waals surface area contributed by atoms with E-state index in [4.69, 9.17) is 16.2 Å². The third-order valence-corrected chi connectivity index (χ3v) is 2.13. The molecule has 0 aromatic heterocycles. The van der Waals surface area contributed by atoms with E-state index in [0.717, 1.165) is 0 Å². The van der Waals surface area contributed by atoms with Crippen LogP contribution in [0.4, 0.5) is 0 Å². The predicted molar refractivity (Wildman–Crippen MR) is 47.4 cm³/mol. The number of hydrogen-bond acceptors (Lipinski definition) is 3. The van der Waals surface area contributed by atoms with Crippen molar-refractivity contribution in [3.63, 3.8) is 0 Å². The van der Waals surface area contributed by atoms with Crippen molar-refractivity contribution in [2.45, 2.75) is 38.8 Å². The monoisotopic (exact) mass is 160 g/mol. The fourth-order valence-corrected chi connectivity index (χ4v) is 0.500. The van der Waals surface area contributed by atoms with Gasteiger partial charge in [0.15, 0.2) is 0 Å². The molecule has 0 radical (unpaired) electrons. The molecule has 0 heterocycles. The lowest BCUT2D eigenvalue weighted by molar-refractivity contribution is -0.0583. The largest absolute Gasteiger partial charge is 0.372 e. The van der Waals surface area contributed by atoms with Gasteiger partial charge in [-0.3, -0.25) is 0 Å². The van der Waals surface area contributed by atoms with Crippen LogP contribution < -0.4 is 11.5 Å². The van der Waals surface area contributed by atoms with Crippen LogP contribution in [-0.2, 0) is 4.74 Å². The van der Waals surface area contributed by atoms with Crippen LogP contribution in [0, 0.1) is 0 Å². The minimum absolute atomic E-state index is 0.313. The van der Waals surface area contributed by atoms with Gasteiger partial charge < -0.3 is 16.2 Å². The van der Waals surface area contributed by atoms with E-state index in [1.807, 2.05) is 27.7 Å². The van der Waals surface area contributed by atoms with Crippen molar-refractivity contribution >= 4 is 0 Å². The molecule has 0 rings (SSSR count). The molecule has 68 valence electrons. The Morgan fingerprint density at radius 1 is 1.18 bits per heavy atom. The first-order valence-electron chi connectivity index (χ1n) is 3.94. The van der Waals surface area contributed by atoms with E-state index in [0.29, 0.717) is 13.2 Å². The Morgan fingerprint density at radius 2 is 1.64 bits per heavy atom. The van der Waals surface area contributed by atoms with Gasteiger partial charge in [0, 0.05) is 12.1 Å². The molecule has 0 aliphatic heterocycles. The summed E-state index contributed by atoms with van der Waals surface area (Å²) in [6, 6.07) is 0. The molecule has 0 saturated carbocycles. The summed E-state index contributed by atoms with van der Waals surface area (Å²) in [6.45, 7) is 8.95. The van der Waals surface area contributed by atoms with Crippen molar-refractivity contribution in [1.82, 2.24) is 0 Å². The zero-order valence-electron chi connectivity index (χ0n) is 7.98. The summed E-state index contributed by atoms with van der Waals surface area (Å²) in [7, 11) is 0. The second-order valence-electron chi connectivity index (χ2n) is 3.87. The highest BCUT2D eigenvalue weighted by Gasteiger charge is 2.33. The first kappa shape index (κ1) is 10.9. The Balaban J connectivity index is 4.00. The molecule has 4 N–H and O–H groups in total. The summed E-state index contributed by atoms with van der Waals surface area (Å²) in [5.74, 6) is 0. The number of nitrogens with two attached hydrogens (primary N) is 2. The molecule has 0 aromatic carbocycles. The molecule has 0 spiro atoms. The van der Waals surface area contributed by atoms with Crippen LogP contribution in [-0.4, -0.2) is 24.3 Å². The van der Waals surface area contributed by atoms with Gasteiger partial charge in [-0.15, -0.1) is 0 Å². The second-order valence-corrected chi connectivity index (χ2v) is 3.87. The van der Waals surface area contributed by atoms with Crippen LogP contribution in [0.3, 0.4) is 0 Å². The summed E-state index contributed by atoms with van der Waals surface area (Å²) < 4.78 is 5.49. The van der Waals surface area contributed by atoms with Crippen LogP contribution in [0.5, 0.6) is 0 Å². The third-order valence-electron chi connectivity index (χ3n) is 2.13. The molecule has 0 atom stereocenters. The topological polar surface area (TPSA) is 61.3 Å². The molecule has 0 aliphatic carbocycles. The highest BCUT2D eigenvalue weighted by atomic mass is 16.5. The summed E-state index contributed by atoms with van der Waals surface area (Å²) in [5.41, 5.74) is 10.6. The average molecular weight is 160 g/mol. The van der Waals surface area contributed by atoms with E-state index in [1.165, 1.54) is 0 Å². The smallest absolute Gasteiger partial charge is 0.0800 e. The molecule has 0 fully saturated rings. The van der Waals surface area contributed by atoms with Gasteiger partial charge in [-0.25, -0.2) is 0 Å². The van der Waals surface area contributed by atoms with Crippen molar-refractivity contribution in [3.05, 3.63) is 0 Å². The van der Waals surface area contributed by atoms with E-state index in [-0.39, 0.29) is 11.1 Å². The minimum Gasteiger partial charge on any atom is -0.372 e. The van der Waals surface area contributed by atoms with Gasteiger partial charge in [-0.2, -0.15) is 0 Å². The summed E-state index contributed by atoms with van der Waals surface area (Å²) in [4.78, 5) is 0. The molecule has 0 aromatic rings. The first-order chi connectivity index (χ1) is 4.81. The van der Waals surface area contributed by atoms with Crippen molar-refractivity contribution in [2.75, 3.05) is 13.2 Å². The normalized spacial score (nSPS) is 13.6. The van der Waals surface area contributed by atoms with E-state index in [9.17, 15) is 0 Å². The molecule has 11 heavy (non-hydrogen) atoms. The van der Waals surface area contributed by atoms with Crippen LogP contribution in [0.25, 0.3) is 0 Å². The summed E-state index contributed by atoms with van der Waals surface area (Å²) >= 11 is 0. The predicted octanol–water partition coefficient (Wildman–Crippen LogP) is 0.478. The Labute approximate surface area is 69.1 Å². The minimum atomic E-state index is -0.331. The van der Waals surface area contributed by atoms with Crippen LogP contribution in [0.15, 0.2) is 0 Å². The third kappa shape index (κ3) is 3.18. The van der Waals surface area contributed by atoms with Crippen molar-refractivity contribution in [1.29, 1.82) is 0 Å². The zero-order chi connectivity index (χ0) is 9.12. The van der Waals surface area contributed by atoms with Crippen molar-refractivity contribution < 1.29 is 4.74 Å². The fraction of sp³-hybridized carbons (Fsp3) is 1.00. The van der Waals surface area contributed by atoms with Crippen molar-refractivity contribution in [3.8, 4) is 0 Å².